The summed E-state index contributed by atoms with van der Waals surface area (Å²) >= 11 is 0. The quantitative estimate of drug-likeness (QED) is 0.747. The lowest BCUT2D eigenvalue weighted by Gasteiger charge is -2.18. The van der Waals surface area contributed by atoms with Gasteiger partial charge in [-0.25, -0.2) is 0 Å². The molecule has 1 rings (SSSR count). The van der Waals surface area contributed by atoms with Crippen molar-refractivity contribution in [2.75, 3.05) is 6.54 Å². The van der Waals surface area contributed by atoms with E-state index in [1.165, 1.54) is 5.56 Å². The molecule has 0 aliphatic carbocycles. The second-order valence-electron chi connectivity index (χ2n) is 4.05. The lowest BCUT2D eigenvalue weighted by atomic mass is 10.0. The van der Waals surface area contributed by atoms with Crippen LogP contribution in [0.2, 0.25) is 0 Å². The molecule has 0 spiro atoms. The Morgan fingerprint density at radius 1 is 1.27 bits per heavy atom. The molecule has 84 valence electrons. The average Bonchev–Trinajstić information content (AvgIpc) is 2.25. The first-order valence-corrected chi connectivity index (χ1v) is 5.67. The van der Waals surface area contributed by atoms with Crippen LogP contribution in [0.4, 0.5) is 0 Å². The van der Waals surface area contributed by atoms with Crippen LogP contribution in [-0.4, -0.2) is 23.8 Å². The molecule has 2 N–H and O–H groups in total. The van der Waals surface area contributed by atoms with Crippen molar-refractivity contribution in [2.45, 2.75) is 38.8 Å². The minimum absolute atomic E-state index is 0.269. The van der Waals surface area contributed by atoms with Gasteiger partial charge in [-0.1, -0.05) is 37.3 Å². The third-order valence-corrected chi connectivity index (χ3v) is 2.52. The Kier molecular flexibility index (Phi) is 5.37. The van der Waals surface area contributed by atoms with Gasteiger partial charge in [-0.15, -0.1) is 0 Å². The van der Waals surface area contributed by atoms with Crippen molar-refractivity contribution in [2.24, 2.45) is 0 Å². The Hall–Kier alpha value is -0.860. The van der Waals surface area contributed by atoms with E-state index in [1.54, 1.807) is 0 Å². The van der Waals surface area contributed by atoms with Crippen LogP contribution in [0.5, 0.6) is 0 Å². The molecule has 0 saturated carbocycles. The van der Waals surface area contributed by atoms with Gasteiger partial charge in [-0.3, -0.25) is 0 Å². The number of hydrogen-bond acceptors (Lipinski definition) is 2. The second-order valence-corrected chi connectivity index (χ2v) is 4.05. The van der Waals surface area contributed by atoms with Gasteiger partial charge in [0, 0.05) is 12.6 Å². The molecule has 0 radical (unpaired) electrons. The lowest BCUT2D eigenvalue weighted by molar-refractivity contribution is 0.185. The molecule has 15 heavy (non-hydrogen) atoms. The molecular weight excluding hydrogens is 186 g/mol. The molecule has 0 aromatic heterocycles. The van der Waals surface area contributed by atoms with Gasteiger partial charge in [0.2, 0.25) is 0 Å². The number of aliphatic hydroxyl groups is 1. The average molecular weight is 207 g/mol. The van der Waals surface area contributed by atoms with Crippen LogP contribution in [-0.2, 0) is 6.42 Å². The number of aliphatic hydroxyl groups excluding tert-OH is 1. The van der Waals surface area contributed by atoms with Crippen molar-refractivity contribution < 1.29 is 5.11 Å². The SMILES string of the molecule is CC[C@@H](Cc1ccccc1)NC[C@@H](C)O. The maximum atomic E-state index is 9.20. The summed E-state index contributed by atoms with van der Waals surface area (Å²) in [4.78, 5) is 0. The molecule has 1 aromatic rings. The van der Waals surface area contributed by atoms with Crippen molar-refractivity contribution in [1.29, 1.82) is 0 Å². The summed E-state index contributed by atoms with van der Waals surface area (Å²) in [6, 6.07) is 10.9. The molecule has 0 unspecified atom stereocenters. The third-order valence-electron chi connectivity index (χ3n) is 2.52. The van der Waals surface area contributed by atoms with E-state index < -0.39 is 0 Å². The van der Waals surface area contributed by atoms with Crippen molar-refractivity contribution in [3.8, 4) is 0 Å². The molecule has 2 nitrogen and oxygen atoms in total. The van der Waals surface area contributed by atoms with Gasteiger partial charge in [0.15, 0.2) is 0 Å². The summed E-state index contributed by atoms with van der Waals surface area (Å²) in [5, 5.41) is 12.6. The van der Waals surface area contributed by atoms with Crippen LogP contribution in [0, 0.1) is 0 Å². The maximum Gasteiger partial charge on any atom is 0.0636 e. The Morgan fingerprint density at radius 2 is 1.93 bits per heavy atom. The van der Waals surface area contributed by atoms with Gasteiger partial charge in [0.1, 0.15) is 0 Å². The Labute approximate surface area is 92.3 Å². The van der Waals surface area contributed by atoms with Crippen LogP contribution in [0.1, 0.15) is 25.8 Å². The molecule has 0 saturated heterocycles. The van der Waals surface area contributed by atoms with Crippen molar-refractivity contribution >= 4 is 0 Å². The predicted molar refractivity (Wildman–Crippen MR) is 63.9 cm³/mol. The van der Waals surface area contributed by atoms with Gasteiger partial charge in [0.25, 0.3) is 0 Å². The van der Waals surface area contributed by atoms with Crippen LogP contribution in [0.15, 0.2) is 30.3 Å². The zero-order chi connectivity index (χ0) is 11.1. The molecular formula is C13H21NO. The van der Waals surface area contributed by atoms with Gasteiger partial charge in [0.05, 0.1) is 6.10 Å². The maximum absolute atomic E-state index is 9.20. The fourth-order valence-electron chi connectivity index (χ4n) is 1.60. The van der Waals surface area contributed by atoms with Crippen molar-refractivity contribution in [3.63, 3.8) is 0 Å². The summed E-state index contributed by atoms with van der Waals surface area (Å²) in [6.07, 6.45) is 1.85. The van der Waals surface area contributed by atoms with Gasteiger partial charge in [-0.05, 0) is 25.3 Å². The summed E-state index contributed by atoms with van der Waals surface area (Å²) in [5.74, 6) is 0. The summed E-state index contributed by atoms with van der Waals surface area (Å²) < 4.78 is 0. The van der Waals surface area contributed by atoms with E-state index in [0.29, 0.717) is 12.6 Å². The van der Waals surface area contributed by atoms with Crippen molar-refractivity contribution in [1.82, 2.24) is 5.32 Å². The zero-order valence-electron chi connectivity index (χ0n) is 9.61. The fourth-order valence-corrected chi connectivity index (χ4v) is 1.60. The second kappa shape index (κ2) is 6.59. The first-order chi connectivity index (χ1) is 7.22. The monoisotopic (exact) mass is 207 g/mol. The number of hydrogen-bond donors (Lipinski definition) is 2. The summed E-state index contributed by atoms with van der Waals surface area (Å²) in [5.41, 5.74) is 1.35. The highest BCUT2D eigenvalue weighted by atomic mass is 16.3. The van der Waals surface area contributed by atoms with Crippen molar-refractivity contribution in [3.05, 3.63) is 35.9 Å². The normalized spacial score (nSPS) is 14.9. The molecule has 0 aliphatic heterocycles. The molecule has 0 heterocycles. The third kappa shape index (κ3) is 4.96. The van der Waals surface area contributed by atoms with Crippen LogP contribution in [0.25, 0.3) is 0 Å². The Balaban J connectivity index is 2.40. The van der Waals surface area contributed by atoms with Crippen LogP contribution >= 0.6 is 0 Å². The number of benzene rings is 1. The minimum atomic E-state index is -0.269. The van der Waals surface area contributed by atoms with Gasteiger partial charge < -0.3 is 10.4 Å². The minimum Gasteiger partial charge on any atom is -0.392 e. The highest BCUT2D eigenvalue weighted by Crippen LogP contribution is 2.05. The molecule has 0 bridgehead atoms. The first-order valence-electron chi connectivity index (χ1n) is 5.67. The van der Waals surface area contributed by atoms with Crippen LogP contribution in [0.3, 0.4) is 0 Å². The number of nitrogens with one attached hydrogen (secondary N) is 1. The van der Waals surface area contributed by atoms with E-state index in [0.717, 1.165) is 12.8 Å². The largest absolute Gasteiger partial charge is 0.392 e. The molecule has 1 aromatic carbocycles. The fraction of sp³-hybridized carbons (Fsp3) is 0.538. The summed E-state index contributed by atoms with van der Waals surface area (Å²) in [7, 11) is 0. The molecule has 2 heteroatoms. The highest BCUT2D eigenvalue weighted by Gasteiger charge is 2.07. The van der Waals surface area contributed by atoms with E-state index in [-0.39, 0.29) is 6.10 Å². The standard InChI is InChI=1S/C13H21NO/c1-3-13(14-10-11(2)15)9-12-7-5-4-6-8-12/h4-8,11,13-15H,3,9-10H2,1-2H3/t11-,13+/m1/s1. The van der Waals surface area contributed by atoms with E-state index in [9.17, 15) is 5.11 Å². The van der Waals surface area contributed by atoms with Crippen LogP contribution < -0.4 is 5.32 Å². The zero-order valence-corrected chi connectivity index (χ0v) is 9.61. The topological polar surface area (TPSA) is 32.3 Å². The lowest BCUT2D eigenvalue weighted by Crippen LogP contribution is -2.35. The van der Waals surface area contributed by atoms with Gasteiger partial charge >= 0.3 is 0 Å². The van der Waals surface area contributed by atoms with E-state index in [1.807, 2.05) is 13.0 Å². The Morgan fingerprint density at radius 3 is 2.47 bits per heavy atom. The number of rotatable bonds is 6. The van der Waals surface area contributed by atoms with E-state index in [2.05, 4.69) is 36.5 Å². The van der Waals surface area contributed by atoms with Gasteiger partial charge in [-0.2, -0.15) is 0 Å². The molecule has 0 fully saturated rings. The first kappa shape index (κ1) is 12.2. The summed E-state index contributed by atoms with van der Waals surface area (Å²) in [6.45, 7) is 4.65. The molecule has 0 amide bonds. The smallest absolute Gasteiger partial charge is 0.0636 e. The molecule has 0 aliphatic rings. The predicted octanol–water partition coefficient (Wildman–Crippen LogP) is 1.98. The Bertz CT molecular complexity index is 258. The highest BCUT2D eigenvalue weighted by molar-refractivity contribution is 5.15. The van der Waals surface area contributed by atoms with E-state index in [4.69, 9.17) is 0 Å². The van der Waals surface area contributed by atoms with E-state index >= 15 is 0 Å². The molecule has 2 atom stereocenters.